The number of phenolic OH excluding ortho intramolecular Hbond substituents is 1. The van der Waals surface area contributed by atoms with Gasteiger partial charge >= 0.3 is 37.7 Å². The van der Waals surface area contributed by atoms with Gasteiger partial charge in [0.2, 0.25) is 0 Å². The Balaban J connectivity index is 0.000000400. The maximum atomic E-state index is 12.3. The molecule has 0 aromatic heterocycles. The first-order valence-corrected chi connectivity index (χ1v) is 23.8. The van der Waals surface area contributed by atoms with Gasteiger partial charge in [0.15, 0.2) is 0 Å². The molecule has 0 spiro atoms. The molecule has 59 heavy (non-hydrogen) atoms. The van der Waals surface area contributed by atoms with Crippen LogP contribution in [0, 0.1) is 0 Å². The molecule has 2 N–H and O–H groups in total. The molecule has 4 aromatic carbocycles. The number of hydrogen-bond acceptors (Lipinski definition) is 9. The van der Waals surface area contributed by atoms with E-state index in [0.29, 0.717) is 11.5 Å². The molecular formula is C46H62CaO10S2. The molecule has 320 valence electrons. The quantitative estimate of drug-likeness (QED) is 0.0351. The third kappa shape index (κ3) is 21.5. The van der Waals surface area contributed by atoms with E-state index < -0.39 is 20.2 Å². The fraction of sp³-hybridized carbons (Fsp3) is 0.478. The van der Waals surface area contributed by atoms with Crippen LogP contribution in [0.5, 0.6) is 34.5 Å². The summed E-state index contributed by atoms with van der Waals surface area (Å²) >= 11 is 0. The number of ether oxygens (including phenoxy) is 2. The van der Waals surface area contributed by atoms with Crippen molar-refractivity contribution in [2.75, 3.05) is 0 Å². The van der Waals surface area contributed by atoms with E-state index in [-0.39, 0.29) is 70.5 Å². The Labute approximate surface area is 383 Å². The average molecular weight is 879 g/mol. The van der Waals surface area contributed by atoms with Gasteiger partial charge in [-0.15, -0.1) is 5.75 Å². The van der Waals surface area contributed by atoms with Gasteiger partial charge in [-0.05, 0) is 79.8 Å². The predicted molar refractivity (Wildman–Crippen MR) is 232 cm³/mol. The molecule has 0 unspecified atom stereocenters. The van der Waals surface area contributed by atoms with Crippen LogP contribution in [-0.4, -0.2) is 68.8 Å². The van der Waals surface area contributed by atoms with E-state index in [1.807, 2.05) is 6.07 Å². The fourth-order valence-electron chi connectivity index (χ4n) is 6.54. The summed E-state index contributed by atoms with van der Waals surface area (Å²) in [6.07, 6.45) is 24.1. The first kappa shape index (κ1) is 52.3. The molecule has 4 rings (SSSR count). The third-order valence-electron chi connectivity index (χ3n) is 9.86. The summed E-state index contributed by atoms with van der Waals surface area (Å²) in [5, 5.41) is 22.6. The average Bonchev–Trinajstić information content (AvgIpc) is 3.18. The summed E-state index contributed by atoms with van der Waals surface area (Å²) in [5.74, 6) is 1.29. The van der Waals surface area contributed by atoms with Gasteiger partial charge in [0, 0.05) is 12.1 Å². The Morgan fingerprint density at radius 3 is 1.34 bits per heavy atom. The van der Waals surface area contributed by atoms with Crippen LogP contribution in [0.2, 0.25) is 0 Å². The van der Waals surface area contributed by atoms with Crippen LogP contribution in [0.15, 0.2) is 94.7 Å². The van der Waals surface area contributed by atoms with Crippen molar-refractivity contribution < 1.29 is 45.6 Å². The first-order chi connectivity index (χ1) is 27.8. The number of aryl methyl sites for hydroxylation is 2. The zero-order valence-corrected chi connectivity index (χ0v) is 38.8. The molecule has 13 heteroatoms. The molecule has 0 saturated heterocycles. The van der Waals surface area contributed by atoms with Crippen molar-refractivity contribution in [3.63, 3.8) is 0 Å². The molecule has 0 amide bonds. The van der Waals surface area contributed by atoms with Crippen molar-refractivity contribution in [2.45, 2.75) is 152 Å². The van der Waals surface area contributed by atoms with Gasteiger partial charge in [-0.1, -0.05) is 146 Å². The minimum atomic E-state index is -4.55. The van der Waals surface area contributed by atoms with Gasteiger partial charge in [-0.25, -0.2) is 8.42 Å². The Kier molecular flexibility index (Phi) is 25.4. The SMILES string of the molecule is CCCCCCCCCCCc1ccc(Oc2cccc(S(=O)(=O)O)c2)cc1O.CCCCCCCCCCCc1ccc(Oc2cccc(S(=O)(=O)[O-])c2)cc1[O-].[Ca+2]. The Bertz CT molecular complexity index is 1870. The van der Waals surface area contributed by atoms with Crippen LogP contribution in [0.1, 0.15) is 141 Å². The summed E-state index contributed by atoms with van der Waals surface area (Å²) < 4.78 is 76.0. The third-order valence-corrected chi connectivity index (χ3v) is 11.5. The summed E-state index contributed by atoms with van der Waals surface area (Å²) in [5.41, 5.74) is 1.64. The molecule has 4 aromatic rings. The molecule has 0 aliphatic heterocycles. The smallest absolute Gasteiger partial charge is 0.872 e. The molecular weight excluding hydrogens is 817 g/mol. The van der Waals surface area contributed by atoms with E-state index in [1.165, 1.54) is 138 Å². The first-order valence-electron chi connectivity index (χ1n) is 20.9. The number of benzene rings is 4. The normalized spacial score (nSPS) is 11.3. The maximum absolute atomic E-state index is 12.3. The van der Waals surface area contributed by atoms with Crippen molar-refractivity contribution in [1.29, 1.82) is 0 Å². The molecule has 0 heterocycles. The molecule has 0 atom stereocenters. The fourth-order valence-corrected chi connectivity index (χ4v) is 7.56. The van der Waals surface area contributed by atoms with E-state index in [2.05, 4.69) is 13.8 Å². The largest absolute Gasteiger partial charge is 2.00 e. The molecule has 0 bridgehead atoms. The monoisotopic (exact) mass is 878 g/mol. The van der Waals surface area contributed by atoms with Crippen molar-refractivity contribution >= 4 is 58.0 Å². The molecule has 0 radical (unpaired) electrons. The summed E-state index contributed by atoms with van der Waals surface area (Å²) in [6, 6.07) is 20.9. The van der Waals surface area contributed by atoms with Crippen LogP contribution in [0.25, 0.3) is 0 Å². The van der Waals surface area contributed by atoms with Gasteiger partial charge in [0.25, 0.3) is 10.1 Å². The molecule has 0 aliphatic rings. The van der Waals surface area contributed by atoms with Crippen LogP contribution < -0.4 is 14.6 Å². The van der Waals surface area contributed by atoms with Gasteiger partial charge < -0.3 is 24.2 Å². The van der Waals surface area contributed by atoms with Crippen molar-refractivity contribution in [3.8, 4) is 34.5 Å². The minimum Gasteiger partial charge on any atom is -0.872 e. The molecule has 10 nitrogen and oxygen atoms in total. The summed E-state index contributed by atoms with van der Waals surface area (Å²) in [6.45, 7) is 4.46. The number of rotatable bonds is 26. The second-order valence-corrected chi connectivity index (χ2v) is 17.6. The second-order valence-electron chi connectivity index (χ2n) is 14.8. The molecule has 0 aliphatic carbocycles. The van der Waals surface area contributed by atoms with Gasteiger partial charge in [0.05, 0.1) is 9.79 Å². The van der Waals surface area contributed by atoms with Crippen molar-refractivity contribution in [2.24, 2.45) is 0 Å². The Hall–Kier alpha value is -2.84. The number of aromatic hydroxyl groups is 1. The van der Waals surface area contributed by atoms with Crippen LogP contribution in [0.3, 0.4) is 0 Å². The van der Waals surface area contributed by atoms with Crippen molar-refractivity contribution in [3.05, 3.63) is 96.1 Å². The topological polar surface area (TPSA) is 173 Å². The predicted octanol–water partition coefficient (Wildman–Crippen LogP) is 11.7. The van der Waals surface area contributed by atoms with Gasteiger partial charge in [-0.2, -0.15) is 8.42 Å². The van der Waals surface area contributed by atoms with E-state index in [0.717, 1.165) is 55.7 Å². The second kappa shape index (κ2) is 28.6. The maximum Gasteiger partial charge on any atom is 2.00 e. The zero-order valence-electron chi connectivity index (χ0n) is 34.9. The zero-order chi connectivity index (χ0) is 42.2. The van der Waals surface area contributed by atoms with Gasteiger partial charge in [0.1, 0.15) is 38.9 Å². The molecule has 0 saturated carbocycles. The van der Waals surface area contributed by atoms with Crippen LogP contribution >= 0.6 is 0 Å². The van der Waals surface area contributed by atoms with E-state index in [4.69, 9.17) is 14.0 Å². The summed E-state index contributed by atoms with van der Waals surface area (Å²) in [7, 11) is -8.83. The number of hydrogen-bond donors (Lipinski definition) is 2. The van der Waals surface area contributed by atoms with Crippen molar-refractivity contribution in [1.82, 2.24) is 0 Å². The van der Waals surface area contributed by atoms with E-state index >= 15 is 0 Å². The Morgan fingerprint density at radius 1 is 0.508 bits per heavy atom. The van der Waals surface area contributed by atoms with E-state index in [9.17, 15) is 31.6 Å². The number of phenols is 1. The van der Waals surface area contributed by atoms with Crippen LogP contribution in [0.4, 0.5) is 0 Å². The minimum absolute atomic E-state index is 0. The van der Waals surface area contributed by atoms with Crippen LogP contribution in [-0.2, 0) is 33.1 Å². The molecule has 0 fully saturated rings. The van der Waals surface area contributed by atoms with E-state index in [1.54, 1.807) is 24.3 Å². The summed E-state index contributed by atoms with van der Waals surface area (Å²) in [4.78, 5) is -0.597. The standard InChI is InChI=1S/2C23H32O5S.Ca/c2*1-2-3-4-5-6-7-8-9-10-12-19-15-16-21(18-23(19)24)28-20-13-11-14-22(17-20)29(25,26)27;/h2*11,13-18,24H,2-10,12H2,1H3,(H,25,26,27);/q;;+2/p-2. The Morgan fingerprint density at radius 2 is 0.898 bits per heavy atom. The number of unbranched alkanes of at least 4 members (excludes halogenated alkanes) is 16. The van der Waals surface area contributed by atoms with Gasteiger partial charge in [-0.3, -0.25) is 4.55 Å².